The van der Waals surface area contributed by atoms with Crippen LogP contribution in [0, 0.1) is 6.92 Å². The molecule has 2 rings (SSSR count). The van der Waals surface area contributed by atoms with Crippen molar-refractivity contribution in [3.8, 4) is 0 Å². The SMILES string of the molecule is Cc1ccccc1[C@@H]1CCCN1C(=O)[C@@H](C)NC(=O)OC(C)(C)C. The van der Waals surface area contributed by atoms with Crippen LogP contribution in [0.3, 0.4) is 0 Å². The maximum absolute atomic E-state index is 12.8. The number of amides is 2. The second-order valence-corrected chi connectivity index (χ2v) is 7.41. The molecule has 1 saturated heterocycles. The van der Waals surface area contributed by atoms with Crippen LogP contribution in [0.2, 0.25) is 0 Å². The maximum Gasteiger partial charge on any atom is 0.408 e. The number of hydrogen-bond acceptors (Lipinski definition) is 3. The van der Waals surface area contributed by atoms with Crippen molar-refractivity contribution in [3.05, 3.63) is 35.4 Å². The summed E-state index contributed by atoms with van der Waals surface area (Å²) in [7, 11) is 0. The van der Waals surface area contributed by atoms with Crippen LogP contribution < -0.4 is 5.32 Å². The molecule has 2 atom stereocenters. The zero-order valence-electron chi connectivity index (χ0n) is 15.3. The number of benzene rings is 1. The molecule has 0 radical (unpaired) electrons. The second-order valence-electron chi connectivity index (χ2n) is 7.41. The number of aryl methyl sites for hydroxylation is 1. The summed E-state index contributed by atoms with van der Waals surface area (Å²) in [6.07, 6.45) is 1.37. The van der Waals surface area contributed by atoms with Crippen LogP contribution in [-0.4, -0.2) is 35.1 Å². The Balaban J connectivity index is 2.05. The Morgan fingerprint density at radius 2 is 1.96 bits per heavy atom. The predicted molar refractivity (Wildman–Crippen MR) is 93.7 cm³/mol. The number of alkyl carbamates (subject to hydrolysis) is 1. The molecule has 2 amide bonds. The smallest absolute Gasteiger partial charge is 0.408 e. The summed E-state index contributed by atoms with van der Waals surface area (Å²) in [4.78, 5) is 26.6. The van der Waals surface area contributed by atoms with Gasteiger partial charge in [-0.15, -0.1) is 0 Å². The van der Waals surface area contributed by atoms with Crippen molar-refractivity contribution in [2.24, 2.45) is 0 Å². The molecule has 1 N–H and O–H groups in total. The Morgan fingerprint density at radius 3 is 2.58 bits per heavy atom. The van der Waals surface area contributed by atoms with Gasteiger partial charge in [-0.05, 0) is 58.6 Å². The minimum absolute atomic E-state index is 0.0633. The molecule has 0 aliphatic carbocycles. The molecule has 1 aliphatic heterocycles. The number of carbonyl (C=O) groups excluding carboxylic acids is 2. The van der Waals surface area contributed by atoms with Gasteiger partial charge in [0.1, 0.15) is 11.6 Å². The fourth-order valence-corrected chi connectivity index (χ4v) is 3.11. The van der Waals surface area contributed by atoms with Gasteiger partial charge >= 0.3 is 6.09 Å². The van der Waals surface area contributed by atoms with Gasteiger partial charge in [-0.1, -0.05) is 24.3 Å². The van der Waals surface area contributed by atoms with Crippen LogP contribution in [0.5, 0.6) is 0 Å². The van der Waals surface area contributed by atoms with E-state index in [2.05, 4.69) is 24.4 Å². The Kier molecular flexibility index (Phi) is 5.52. The molecule has 0 aromatic heterocycles. The van der Waals surface area contributed by atoms with Gasteiger partial charge in [0.2, 0.25) is 5.91 Å². The van der Waals surface area contributed by atoms with Crippen molar-refractivity contribution in [2.75, 3.05) is 6.54 Å². The van der Waals surface area contributed by atoms with Gasteiger partial charge in [0.15, 0.2) is 0 Å². The molecule has 0 bridgehead atoms. The van der Waals surface area contributed by atoms with E-state index in [1.54, 1.807) is 27.7 Å². The first-order chi connectivity index (χ1) is 11.2. The van der Waals surface area contributed by atoms with E-state index in [0.717, 1.165) is 19.4 Å². The molecule has 5 nitrogen and oxygen atoms in total. The monoisotopic (exact) mass is 332 g/mol. The van der Waals surface area contributed by atoms with Crippen molar-refractivity contribution in [1.29, 1.82) is 0 Å². The molecule has 1 fully saturated rings. The largest absolute Gasteiger partial charge is 0.444 e. The van der Waals surface area contributed by atoms with Crippen molar-refractivity contribution in [1.82, 2.24) is 10.2 Å². The third kappa shape index (κ3) is 4.49. The van der Waals surface area contributed by atoms with Gasteiger partial charge in [0.25, 0.3) is 0 Å². The Labute approximate surface area is 144 Å². The number of nitrogens with one attached hydrogen (secondary N) is 1. The number of ether oxygens (including phenoxy) is 1. The molecule has 132 valence electrons. The molecular weight excluding hydrogens is 304 g/mol. The third-order valence-electron chi connectivity index (χ3n) is 4.19. The van der Waals surface area contributed by atoms with E-state index in [-0.39, 0.29) is 11.9 Å². The van der Waals surface area contributed by atoms with Crippen LogP contribution in [0.4, 0.5) is 4.79 Å². The fraction of sp³-hybridized carbons (Fsp3) is 0.579. The first-order valence-corrected chi connectivity index (χ1v) is 8.54. The first-order valence-electron chi connectivity index (χ1n) is 8.54. The number of nitrogens with zero attached hydrogens (tertiary/aromatic N) is 1. The van der Waals surface area contributed by atoms with E-state index >= 15 is 0 Å². The lowest BCUT2D eigenvalue weighted by Crippen LogP contribution is -2.48. The minimum Gasteiger partial charge on any atom is -0.444 e. The normalized spacial score (nSPS) is 19.0. The first kappa shape index (κ1) is 18.3. The lowest BCUT2D eigenvalue weighted by Gasteiger charge is -2.29. The van der Waals surface area contributed by atoms with Gasteiger partial charge in [0, 0.05) is 6.54 Å². The highest BCUT2D eigenvalue weighted by molar-refractivity contribution is 5.86. The van der Waals surface area contributed by atoms with Gasteiger partial charge in [-0.2, -0.15) is 0 Å². The number of carbonyl (C=O) groups is 2. The van der Waals surface area contributed by atoms with Crippen LogP contribution in [-0.2, 0) is 9.53 Å². The van der Waals surface area contributed by atoms with Crippen molar-refractivity contribution >= 4 is 12.0 Å². The summed E-state index contributed by atoms with van der Waals surface area (Å²) in [6, 6.07) is 7.64. The number of rotatable bonds is 3. The van der Waals surface area contributed by atoms with Crippen LogP contribution in [0.25, 0.3) is 0 Å². The number of hydrogen-bond donors (Lipinski definition) is 1. The van der Waals surface area contributed by atoms with Gasteiger partial charge in [-0.3, -0.25) is 4.79 Å². The molecule has 1 aromatic rings. The summed E-state index contributed by atoms with van der Waals surface area (Å²) >= 11 is 0. The minimum atomic E-state index is -0.607. The maximum atomic E-state index is 12.8. The Bertz CT molecular complexity index is 607. The lowest BCUT2D eigenvalue weighted by molar-refractivity contribution is -0.134. The highest BCUT2D eigenvalue weighted by Gasteiger charge is 2.34. The molecule has 0 saturated carbocycles. The van der Waals surface area contributed by atoms with Crippen molar-refractivity contribution in [3.63, 3.8) is 0 Å². The van der Waals surface area contributed by atoms with Gasteiger partial charge < -0.3 is 15.0 Å². The highest BCUT2D eigenvalue weighted by atomic mass is 16.6. The highest BCUT2D eigenvalue weighted by Crippen LogP contribution is 2.34. The van der Waals surface area contributed by atoms with Crippen LogP contribution in [0.1, 0.15) is 57.7 Å². The third-order valence-corrected chi connectivity index (χ3v) is 4.19. The van der Waals surface area contributed by atoms with Gasteiger partial charge in [0.05, 0.1) is 6.04 Å². The summed E-state index contributed by atoms with van der Waals surface area (Å²) in [5, 5.41) is 2.65. The summed E-state index contributed by atoms with van der Waals surface area (Å²) in [5.41, 5.74) is 1.80. The predicted octanol–water partition coefficient (Wildman–Crippen LogP) is 3.57. The topological polar surface area (TPSA) is 58.6 Å². The van der Waals surface area contributed by atoms with E-state index in [9.17, 15) is 9.59 Å². The van der Waals surface area contributed by atoms with E-state index in [1.165, 1.54) is 11.1 Å². The van der Waals surface area contributed by atoms with Crippen molar-refractivity contribution < 1.29 is 14.3 Å². The van der Waals surface area contributed by atoms with E-state index in [0.29, 0.717) is 0 Å². The zero-order chi connectivity index (χ0) is 17.9. The molecule has 0 unspecified atom stereocenters. The molecule has 1 aromatic carbocycles. The summed E-state index contributed by atoms with van der Waals surface area (Å²) < 4.78 is 5.23. The number of likely N-dealkylation sites (tertiary alicyclic amines) is 1. The van der Waals surface area contributed by atoms with Crippen LogP contribution in [0.15, 0.2) is 24.3 Å². The Morgan fingerprint density at radius 1 is 1.29 bits per heavy atom. The zero-order valence-corrected chi connectivity index (χ0v) is 15.3. The summed E-state index contributed by atoms with van der Waals surface area (Å²) in [5.74, 6) is -0.0633. The van der Waals surface area contributed by atoms with Crippen molar-refractivity contribution in [2.45, 2.75) is 65.1 Å². The van der Waals surface area contributed by atoms with Gasteiger partial charge in [-0.25, -0.2) is 4.79 Å². The average Bonchev–Trinajstić information content (AvgIpc) is 2.93. The standard InChI is InChI=1S/C19H28N2O3/c1-13-9-6-7-10-15(13)16-11-8-12-21(16)17(22)14(2)20-18(23)24-19(3,4)5/h6-7,9-10,14,16H,8,11-12H2,1-5H3,(H,20,23)/t14-,16+/m1/s1. The van der Waals surface area contributed by atoms with E-state index in [1.807, 2.05) is 17.0 Å². The lowest BCUT2D eigenvalue weighted by atomic mass is 9.99. The summed E-state index contributed by atoms with van der Waals surface area (Å²) in [6.45, 7) is 9.89. The molecule has 0 spiro atoms. The Hall–Kier alpha value is -2.04. The van der Waals surface area contributed by atoms with E-state index < -0.39 is 17.7 Å². The molecule has 24 heavy (non-hydrogen) atoms. The molecule has 5 heteroatoms. The quantitative estimate of drug-likeness (QED) is 0.920. The average molecular weight is 332 g/mol. The fourth-order valence-electron chi connectivity index (χ4n) is 3.11. The molecular formula is C19H28N2O3. The van der Waals surface area contributed by atoms with Crippen LogP contribution >= 0.6 is 0 Å². The van der Waals surface area contributed by atoms with E-state index in [4.69, 9.17) is 4.74 Å². The molecule has 1 aliphatic rings. The molecule has 1 heterocycles. The second kappa shape index (κ2) is 7.24.